The van der Waals surface area contributed by atoms with Crippen LogP contribution in [0.3, 0.4) is 0 Å². The van der Waals surface area contributed by atoms with E-state index >= 15 is 4.39 Å². The lowest BCUT2D eigenvalue weighted by molar-refractivity contribution is -0.129. The Hall–Kier alpha value is -2.52. The Morgan fingerprint density at radius 3 is 2.50 bits per heavy atom. The zero-order chi connectivity index (χ0) is 22.9. The Balaban J connectivity index is 1.51. The molecule has 0 aliphatic carbocycles. The number of carbonyl (C=O) groups is 1. The van der Waals surface area contributed by atoms with Crippen molar-refractivity contribution in [3.63, 3.8) is 0 Å². The molecule has 2 aliphatic heterocycles. The van der Waals surface area contributed by atoms with Gasteiger partial charge in [0.05, 0.1) is 5.69 Å². The van der Waals surface area contributed by atoms with Crippen molar-refractivity contribution in [2.75, 3.05) is 31.1 Å². The third-order valence-corrected chi connectivity index (χ3v) is 8.83. The molecule has 0 spiro atoms. The van der Waals surface area contributed by atoms with Crippen LogP contribution in [0, 0.1) is 5.82 Å². The number of nitrogens with zero attached hydrogens (tertiary/aromatic N) is 4. The van der Waals surface area contributed by atoms with E-state index in [4.69, 9.17) is 0 Å². The van der Waals surface area contributed by atoms with E-state index in [1.165, 1.54) is 10.4 Å². The lowest BCUT2D eigenvalue weighted by Gasteiger charge is -2.37. The van der Waals surface area contributed by atoms with Crippen molar-refractivity contribution in [3.05, 3.63) is 59.7 Å². The molecule has 9 heteroatoms. The highest BCUT2D eigenvalue weighted by Crippen LogP contribution is 2.37. The van der Waals surface area contributed by atoms with Crippen molar-refractivity contribution in [1.29, 1.82) is 0 Å². The van der Waals surface area contributed by atoms with Crippen LogP contribution < -0.4 is 4.90 Å². The molecule has 172 valence electrons. The lowest BCUT2D eigenvalue weighted by Crippen LogP contribution is -2.48. The largest absolute Gasteiger partial charge is 0.368 e. The second-order valence-corrected chi connectivity index (χ2v) is 10.6. The van der Waals surface area contributed by atoms with Crippen molar-refractivity contribution in [3.8, 4) is 0 Å². The normalized spacial score (nSPS) is 23.8. The smallest absolute Gasteiger partial charge is 0.223 e. The maximum atomic E-state index is 15.0. The number of hydrogen-bond donors (Lipinski definition) is 0. The minimum absolute atomic E-state index is 0.00292. The Kier molecular flexibility index (Phi) is 6.48. The van der Waals surface area contributed by atoms with Gasteiger partial charge in [0, 0.05) is 63.1 Å². The molecule has 1 aromatic heterocycles. The molecule has 3 heterocycles. The molecule has 2 atom stereocenters. The molecule has 32 heavy (non-hydrogen) atoms. The SMILES string of the molecule is CC(=O)N1CCN(c2ccc(CN3[C@@H](C)CCC(c4ccccn4)S3(=O)=O)c(F)c2)CC1. The third kappa shape index (κ3) is 4.49. The molecule has 2 fully saturated rings. The quantitative estimate of drug-likeness (QED) is 0.702. The summed E-state index contributed by atoms with van der Waals surface area (Å²) in [6, 6.07) is 10.0. The van der Waals surface area contributed by atoms with Gasteiger partial charge in [0.1, 0.15) is 11.1 Å². The summed E-state index contributed by atoms with van der Waals surface area (Å²) >= 11 is 0. The van der Waals surface area contributed by atoms with Gasteiger partial charge in [-0.1, -0.05) is 12.1 Å². The molecule has 4 rings (SSSR count). The van der Waals surface area contributed by atoms with Gasteiger partial charge in [-0.05, 0) is 44.0 Å². The Labute approximate surface area is 188 Å². The zero-order valence-electron chi connectivity index (χ0n) is 18.4. The number of hydrogen-bond acceptors (Lipinski definition) is 5. The maximum absolute atomic E-state index is 15.0. The van der Waals surface area contributed by atoms with Gasteiger partial charge < -0.3 is 9.80 Å². The maximum Gasteiger partial charge on any atom is 0.223 e. The number of aromatic nitrogens is 1. The Morgan fingerprint density at radius 1 is 1.12 bits per heavy atom. The van der Waals surface area contributed by atoms with Gasteiger partial charge in [-0.25, -0.2) is 12.8 Å². The highest BCUT2D eigenvalue weighted by molar-refractivity contribution is 7.89. The van der Waals surface area contributed by atoms with Crippen molar-refractivity contribution in [1.82, 2.24) is 14.2 Å². The molecule has 0 N–H and O–H groups in total. The second kappa shape index (κ2) is 9.15. The van der Waals surface area contributed by atoms with Gasteiger partial charge in [0.25, 0.3) is 0 Å². The lowest BCUT2D eigenvalue weighted by atomic mass is 10.1. The molecule has 2 aliphatic rings. The van der Waals surface area contributed by atoms with E-state index < -0.39 is 21.1 Å². The fourth-order valence-corrected chi connectivity index (χ4v) is 6.65. The monoisotopic (exact) mass is 460 g/mol. The average molecular weight is 461 g/mol. The molecule has 1 amide bonds. The molecule has 0 bridgehead atoms. The summed E-state index contributed by atoms with van der Waals surface area (Å²) in [5.74, 6) is -0.370. The molecular weight excluding hydrogens is 431 g/mol. The van der Waals surface area contributed by atoms with Gasteiger partial charge in [0.2, 0.25) is 15.9 Å². The van der Waals surface area contributed by atoms with E-state index in [0.717, 1.165) is 5.69 Å². The fourth-order valence-electron chi connectivity index (χ4n) is 4.52. The van der Waals surface area contributed by atoms with Crippen LogP contribution in [0.1, 0.15) is 43.2 Å². The first-order valence-corrected chi connectivity index (χ1v) is 12.5. The molecule has 0 saturated carbocycles. The standard InChI is InChI=1S/C23H29FN4O3S/c1-17-6-9-23(22-5-3-4-10-25-22)32(30,31)28(17)16-19-7-8-20(15-21(19)24)27-13-11-26(12-14-27)18(2)29/h3-5,7-8,10,15,17,23H,6,9,11-14,16H2,1-2H3/t17-,23?/m0/s1. The highest BCUT2D eigenvalue weighted by atomic mass is 32.2. The van der Waals surface area contributed by atoms with E-state index in [-0.39, 0.29) is 18.5 Å². The number of amides is 1. The van der Waals surface area contributed by atoms with Crippen molar-refractivity contribution < 1.29 is 17.6 Å². The summed E-state index contributed by atoms with van der Waals surface area (Å²) in [6.07, 6.45) is 2.80. The number of halogens is 1. The summed E-state index contributed by atoms with van der Waals surface area (Å²) < 4.78 is 43.2. The first-order valence-electron chi connectivity index (χ1n) is 11.0. The van der Waals surface area contributed by atoms with Gasteiger partial charge in [-0.3, -0.25) is 9.78 Å². The van der Waals surface area contributed by atoms with Crippen LogP contribution in [0.25, 0.3) is 0 Å². The predicted molar refractivity (Wildman–Crippen MR) is 121 cm³/mol. The van der Waals surface area contributed by atoms with Gasteiger partial charge in [-0.15, -0.1) is 0 Å². The van der Waals surface area contributed by atoms with Crippen LogP contribution in [-0.2, 0) is 21.4 Å². The summed E-state index contributed by atoms with van der Waals surface area (Å²) in [5.41, 5.74) is 1.63. The zero-order valence-corrected chi connectivity index (χ0v) is 19.3. The molecular formula is C23H29FN4O3S. The molecule has 2 saturated heterocycles. The van der Waals surface area contributed by atoms with Crippen LogP contribution >= 0.6 is 0 Å². The summed E-state index contributed by atoms with van der Waals surface area (Å²) in [4.78, 5) is 19.6. The topological polar surface area (TPSA) is 73.8 Å². The molecule has 1 unspecified atom stereocenters. The highest BCUT2D eigenvalue weighted by Gasteiger charge is 2.41. The van der Waals surface area contributed by atoms with E-state index in [9.17, 15) is 13.2 Å². The van der Waals surface area contributed by atoms with Gasteiger partial charge in [0.15, 0.2) is 0 Å². The second-order valence-electron chi connectivity index (χ2n) is 8.53. The first-order chi connectivity index (χ1) is 15.3. The minimum Gasteiger partial charge on any atom is -0.368 e. The third-order valence-electron chi connectivity index (χ3n) is 6.50. The van der Waals surface area contributed by atoms with Crippen molar-refractivity contribution >= 4 is 21.6 Å². The first kappa shape index (κ1) is 22.7. The van der Waals surface area contributed by atoms with Crippen LogP contribution in [-0.4, -0.2) is 60.7 Å². The number of anilines is 1. The molecule has 0 radical (unpaired) electrons. The number of benzene rings is 1. The summed E-state index contributed by atoms with van der Waals surface area (Å²) in [5, 5.41) is -0.709. The number of rotatable bonds is 4. The van der Waals surface area contributed by atoms with Crippen LogP contribution in [0.2, 0.25) is 0 Å². The number of pyridine rings is 1. The predicted octanol–water partition coefficient (Wildman–Crippen LogP) is 2.94. The summed E-state index contributed by atoms with van der Waals surface area (Å²) in [7, 11) is -3.67. The Bertz CT molecular complexity index is 1070. The van der Waals surface area contributed by atoms with E-state index in [0.29, 0.717) is 50.3 Å². The number of piperazine rings is 1. The number of carbonyl (C=O) groups excluding carboxylic acids is 1. The van der Waals surface area contributed by atoms with Crippen LogP contribution in [0.5, 0.6) is 0 Å². The average Bonchev–Trinajstić information content (AvgIpc) is 2.78. The molecule has 2 aromatic rings. The van der Waals surface area contributed by atoms with Gasteiger partial charge >= 0.3 is 0 Å². The Morgan fingerprint density at radius 2 is 1.88 bits per heavy atom. The minimum atomic E-state index is -3.67. The van der Waals surface area contributed by atoms with E-state index in [1.54, 1.807) is 42.3 Å². The van der Waals surface area contributed by atoms with E-state index in [1.807, 2.05) is 17.9 Å². The van der Waals surface area contributed by atoms with Gasteiger partial charge in [-0.2, -0.15) is 4.31 Å². The van der Waals surface area contributed by atoms with Crippen molar-refractivity contribution in [2.45, 2.75) is 44.5 Å². The summed E-state index contributed by atoms with van der Waals surface area (Å²) in [6.45, 7) is 5.92. The van der Waals surface area contributed by atoms with Crippen LogP contribution in [0.4, 0.5) is 10.1 Å². The number of sulfonamides is 1. The fraction of sp³-hybridized carbons (Fsp3) is 0.478. The molecule has 1 aromatic carbocycles. The van der Waals surface area contributed by atoms with Crippen LogP contribution in [0.15, 0.2) is 42.6 Å². The molecule has 7 nitrogen and oxygen atoms in total. The van der Waals surface area contributed by atoms with E-state index in [2.05, 4.69) is 4.98 Å². The van der Waals surface area contributed by atoms with Crippen molar-refractivity contribution in [2.24, 2.45) is 0 Å².